The molecule has 1 aliphatic heterocycles. The van der Waals surface area contributed by atoms with Crippen molar-refractivity contribution in [1.82, 2.24) is 9.80 Å². The average molecular weight is 420 g/mol. The maximum absolute atomic E-state index is 10.6. The molecule has 1 heterocycles. The Labute approximate surface area is 188 Å². The van der Waals surface area contributed by atoms with Gasteiger partial charge in [0.25, 0.3) is 0 Å². The molecule has 0 spiro atoms. The number of unbranched alkanes of at least 4 members (excludes halogenated alkanes) is 1. The maximum Gasteiger partial charge on any atom is 0.120 e. The first-order chi connectivity index (χ1) is 14.8. The molecule has 0 aliphatic carbocycles. The number of hydrogen-bond donors (Lipinski definition) is 0. The second kappa shape index (κ2) is 11.4. The van der Waals surface area contributed by atoms with Crippen LogP contribution in [0, 0.1) is 0 Å². The van der Waals surface area contributed by atoms with Crippen LogP contribution in [0.1, 0.15) is 44.7 Å². The normalized spacial score (nSPS) is 14.6. The number of allylic oxidation sites excluding steroid dienone is 4. The number of carbonyl (C=O) groups is 1. The van der Waals surface area contributed by atoms with E-state index in [1.165, 1.54) is 11.1 Å². The van der Waals surface area contributed by atoms with Gasteiger partial charge >= 0.3 is 0 Å². The molecular formula is C27H37N3O. The molecule has 0 amide bonds. The van der Waals surface area contributed by atoms with Gasteiger partial charge in [-0.1, -0.05) is 49.6 Å². The summed E-state index contributed by atoms with van der Waals surface area (Å²) in [6.45, 7) is 22.5. The molecule has 31 heavy (non-hydrogen) atoms. The van der Waals surface area contributed by atoms with Crippen LogP contribution >= 0.6 is 0 Å². The monoisotopic (exact) mass is 419 g/mol. The van der Waals surface area contributed by atoms with Crippen LogP contribution in [0.25, 0.3) is 11.8 Å². The molecule has 1 fully saturated rings. The van der Waals surface area contributed by atoms with Gasteiger partial charge in [0.2, 0.25) is 0 Å². The molecule has 0 aromatic heterocycles. The maximum atomic E-state index is 10.6. The predicted molar refractivity (Wildman–Crippen MR) is 135 cm³/mol. The van der Waals surface area contributed by atoms with E-state index in [0.29, 0.717) is 6.42 Å². The summed E-state index contributed by atoms with van der Waals surface area (Å²) in [5, 5.41) is 0. The third-order valence-electron chi connectivity index (χ3n) is 5.92. The van der Waals surface area contributed by atoms with E-state index in [9.17, 15) is 4.79 Å². The fourth-order valence-electron chi connectivity index (χ4n) is 3.72. The summed E-state index contributed by atoms with van der Waals surface area (Å²) < 4.78 is 0. The molecule has 1 saturated heterocycles. The smallest absolute Gasteiger partial charge is 0.120 e. The Bertz CT molecular complexity index is 894. The highest BCUT2D eigenvalue weighted by Crippen LogP contribution is 2.30. The zero-order chi connectivity index (χ0) is 23.0. The molecule has 2 rings (SSSR count). The van der Waals surface area contributed by atoms with Crippen molar-refractivity contribution in [2.45, 2.75) is 33.6 Å². The van der Waals surface area contributed by atoms with Gasteiger partial charge < -0.3 is 19.5 Å². The minimum Gasteiger partial charge on any atom is -0.375 e. The Balaban J connectivity index is 2.11. The lowest BCUT2D eigenvalue weighted by Crippen LogP contribution is -2.24. The van der Waals surface area contributed by atoms with Crippen LogP contribution in [-0.4, -0.2) is 49.4 Å². The summed E-state index contributed by atoms with van der Waals surface area (Å²) in [6, 6.07) is 6.39. The average Bonchev–Trinajstić information content (AvgIpc) is 3.27. The van der Waals surface area contributed by atoms with Crippen molar-refractivity contribution >= 4 is 23.7 Å². The van der Waals surface area contributed by atoms with Crippen molar-refractivity contribution in [3.05, 3.63) is 78.1 Å². The second-order valence-electron chi connectivity index (χ2n) is 8.13. The first-order valence-corrected chi connectivity index (χ1v) is 10.9. The van der Waals surface area contributed by atoms with Crippen molar-refractivity contribution in [3.63, 3.8) is 0 Å². The molecule has 0 radical (unpaired) electrons. The standard InChI is InChI=1S/C27H37N3O/c1-8-21(3)18-22(4)23(5)29-15-16-30(20-29)24(6)27-13-12-26(19-25(27)9-2)28(7)14-10-11-17-31/h8-9,12-13,17-19H,2,5-6,10-11,14-16,20H2,1,3-4,7H3/b21-8-,22-18-. The Kier molecular flexibility index (Phi) is 8.92. The van der Waals surface area contributed by atoms with E-state index in [0.717, 1.165) is 67.2 Å². The molecule has 4 nitrogen and oxygen atoms in total. The first-order valence-electron chi connectivity index (χ1n) is 10.9. The fraction of sp³-hybridized carbons (Fsp3) is 0.370. The van der Waals surface area contributed by atoms with Gasteiger partial charge in [0.1, 0.15) is 6.29 Å². The zero-order valence-corrected chi connectivity index (χ0v) is 19.7. The number of rotatable bonds is 11. The van der Waals surface area contributed by atoms with E-state index in [1.54, 1.807) is 0 Å². The van der Waals surface area contributed by atoms with Gasteiger partial charge in [-0.05, 0) is 50.5 Å². The van der Waals surface area contributed by atoms with Gasteiger partial charge in [0.15, 0.2) is 0 Å². The summed E-state index contributed by atoms with van der Waals surface area (Å²) in [7, 11) is 2.05. The lowest BCUT2D eigenvalue weighted by Gasteiger charge is -2.26. The van der Waals surface area contributed by atoms with Crippen molar-refractivity contribution in [2.75, 3.05) is 38.3 Å². The quantitative estimate of drug-likeness (QED) is 0.260. The fourth-order valence-corrected chi connectivity index (χ4v) is 3.72. The molecule has 166 valence electrons. The van der Waals surface area contributed by atoms with Gasteiger partial charge in [-0.15, -0.1) is 0 Å². The van der Waals surface area contributed by atoms with Gasteiger partial charge in [-0.25, -0.2) is 0 Å². The van der Waals surface area contributed by atoms with E-state index in [2.05, 4.69) is 92.6 Å². The first kappa shape index (κ1) is 24.3. The number of carbonyl (C=O) groups excluding carboxylic acids is 1. The molecule has 4 heteroatoms. The van der Waals surface area contributed by atoms with Crippen molar-refractivity contribution in [3.8, 4) is 0 Å². The Morgan fingerprint density at radius 1 is 1.19 bits per heavy atom. The minimum atomic E-state index is 0.591. The Morgan fingerprint density at radius 3 is 2.55 bits per heavy atom. The summed E-state index contributed by atoms with van der Waals surface area (Å²) in [6.07, 6.45) is 8.60. The number of nitrogens with zero attached hydrogens (tertiary/aromatic N) is 3. The van der Waals surface area contributed by atoms with E-state index < -0.39 is 0 Å². The van der Waals surface area contributed by atoms with Crippen LogP contribution in [0.4, 0.5) is 5.69 Å². The van der Waals surface area contributed by atoms with Crippen molar-refractivity contribution in [2.24, 2.45) is 0 Å². The van der Waals surface area contributed by atoms with E-state index in [-0.39, 0.29) is 0 Å². The highest BCUT2D eigenvalue weighted by atomic mass is 16.1. The molecule has 0 saturated carbocycles. The van der Waals surface area contributed by atoms with E-state index >= 15 is 0 Å². The number of aldehydes is 1. The van der Waals surface area contributed by atoms with Gasteiger partial charge in [-0.2, -0.15) is 0 Å². The topological polar surface area (TPSA) is 26.8 Å². The van der Waals surface area contributed by atoms with Gasteiger partial charge in [0.05, 0.1) is 6.67 Å². The molecule has 1 aromatic carbocycles. The number of anilines is 1. The second-order valence-corrected chi connectivity index (χ2v) is 8.13. The summed E-state index contributed by atoms with van der Waals surface area (Å²) in [4.78, 5) is 17.4. The molecule has 0 N–H and O–H groups in total. The lowest BCUT2D eigenvalue weighted by atomic mass is 10.0. The molecule has 1 aromatic rings. The third kappa shape index (κ3) is 6.24. The Hall–Kier alpha value is -3.01. The third-order valence-corrected chi connectivity index (χ3v) is 5.92. The van der Waals surface area contributed by atoms with Gasteiger partial charge in [0, 0.05) is 55.7 Å². The summed E-state index contributed by atoms with van der Waals surface area (Å²) in [5.41, 5.74) is 7.79. The highest BCUT2D eigenvalue weighted by molar-refractivity contribution is 5.74. The molecular weight excluding hydrogens is 382 g/mol. The number of benzene rings is 1. The van der Waals surface area contributed by atoms with Crippen LogP contribution in [-0.2, 0) is 4.79 Å². The summed E-state index contributed by atoms with van der Waals surface area (Å²) >= 11 is 0. The predicted octanol–water partition coefficient (Wildman–Crippen LogP) is 5.72. The van der Waals surface area contributed by atoms with E-state index in [4.69, 9.17) is 0 Å². The molecule has 0 unspecified atom stereocenters. The SMILES string of the molecule is C=Cc1cc(N(C)CCCC=O)ccc1C(=C)N1CCN(C(=C)/C(C)=C\C(C)=C/C)C1. The molecule has 1 aliphatic rings. The lowest BCUT2D eigenvalue weighted by molar-refractivity contribution is -0.107. The van der Waals surface area contributed by atoms with Crippen LogP contribution < -0.4 is 4.90 Å². The van der Waals surface area contributed by atoms with Crippen LogP contribution in [0.2, 0.25) is 0 Å². The Morgan fingerprint density at radius 2 is 1.90 bits per heavy atom. The van der Waals surface area contributed by atoms with E-state index in [1.807, 2.05) is 6.08 Å². The molecule has 0 bridgehead atoms. The molecule has 0 atom stereocenters. The number of hydrogen-bond acceptors (Lipinski definition) is 4. The van der Waals surface area contributed by atoms with Crippen molar-refractivity contribution in [1.29, 1.82) is 0 Å². The summed E-state index contributed by atoms with van der Waals surface area (Å²) in [5.74, 6) is 0. The van der Waals surface area contributed by atoms with Crippen LogP contribution in [0.5, 0.6) is 0 Å². The minimum absolute atomic E-state index is 0.591. The highest BCUT2D eigenvalue weighted by Gasteiger charge is 2.24. The van der Waals surface area contributed by atoms with Crippen LogP contribution in [0.15, 0.2) is 66.9 Å². The van der Waals surface area contributed by atoms with Gasteiger partial charge in [-0.3, -0.25) is 0 Å². The van der Waals surface area contributed by atoms with Crippen LogP contribution in [0.3, 0.4) is 0 Å². The van der Waals surface area contributed by atoms with Crippen molar-refractivity contribution < 1.29 is 4.79 Å². The zero-order valence-electron chi connectivity index (χ0n) is 19.7. The largest absolute Gasteiger partial charge is 0.375 e.